The maximum Gasteiger partial charge on any atom is 0.251 e. The Morgan fingerprint density at radius 3 is 2.32 bits per heavy atom. The van der Waals surface area contributed by atoms with Crippen LogP contribution in [-0.2, 0) is 4.79 Å². The van der Waals surface area contributed by atoms with Crippen molar-refractivity contribution >= 4 is 23.6 Å². The van der Waals surface area contributed by atoms with Gasteiger partial charge in [0.15, 0.2) is 0 Å². The average Bonchev–Trinajstić information content (AvgIpc) is 2.66. The van der Waals surface area contributed by atoms with E-state index in [-0.39, 0.29) is 18.4 Å². The molecule has 5 nitrogen and oxygen atoms in total. The maximum atomic E-state index is 12.3. The average molecular weight is 353 g/mol. The Balaban J connectivity index is 1.96. The minimum absolute atomic E-state index is 0.0810. The number of carbonyl (C=O) groups is 2. The molecule has 0 spiro atoms. The van der Waals surface area contributed by atoms with Crippen LogP contribution >= 0.6 is 11.8 Å². The predicted octanol–water partition coefficient (Wildman–Crippen LogP) is 2.61. The molecule has 1 atom stereocenters. The van der Waals surface area contributed by atoms with Gasteiger partial charge in [-0.3, -0.25) is 9.59 Å². The first-order chi connectivity index (χ1) is 12.2. The molecule has 1 unspecified atom stereocenters. The fraction of sp³-hybridized carbons (Fsp3) is 0.211. The van der Waals surface area contributed by atoms with Gasteiger partial charge >= 0.3 is 0 Å². The van der Waals surface area contributed by atoms with Gasteiger partial charge in [-0.2, -0.15) is 5.26 Å². The summed E-state index contributed by atoms with van der Waals surface area (Å²) < 4.78 is 0. The summed E-state index contributed by atoms with van der Waals surface area (Å²) in [5, 5.41) is 13.9. The van der Waals surface area contributed by atoms with Gasteiger partial charge in [0.1, 0.15) is 12.6 Å². The quantitative estimate of drug-likeness (QED) is 0.564. The van der Waals surface area contributed by atoms with Crippen LogP contribution in [-0.4, -0.2) is 30.2 Å². The Kier molecular flexibility index (Phi) is 7.54. The number of amides is 2. The number of benzene rings is 2. The van der Waals surface area contributed by atoms with Gasteiger partial charge in [0.2, 0.25) is 5.91 Å². The Labute approximate surface area is 151 Å². The second kappa shape index (κ2) is 10.2. The predicted molar refractivity (Wildman–Crippen MR) is 98.1 cm³/mol. The van der Waals surface area contributed by atoms with Gasteiger partial charge in [-0.25, -0.2) is 0 Å². The summed E-state index contributed by atoms with van der Waals surface area (Å²) in [7, 11) is 0. The number of thioether (sulfide) groups is 1. The van der Waals surface area contributed by atoms with Gasteiger partial charge in [0.25, 0.3) is 5.91 Å². The van der Waals surface area contributed by atoms with Crippen molar-refractivity contribution in [3.8, 4) is 6.07 Å². The summed E-state index contributed by atoms with van der Waals surface area (Å²) in [4.78, 5) is 25.6. The molecular weight excluding hydrogens is 334 g/mol. The third kappa shape index (κ3) is 6.32. The van der Waals surface area contributed by atoms with E-state index < -0.39 is 6.04 Å². The van der Waals surface area contributed by atoms with Crippen LogP contribution in [0, 0.1) is 11.3 Å². The molecule has 2 amide bonds. The highest BCUT2D eigenvalue weighted by molar-refractivity contribution is 7.99. The van der Waals surface area contributed by atoms with Gasteiger partial charge in [0, 0.05) is 16.2 Å². The highest BCUT2D eigenvalue weighted by atomic mass is 32.2. The maximum absolute atomic E-state index is 12.3. The van der Waals surface area contributed by atoms with E-state index in [4.69, 9.17) is 5.26 Å². The van der Waals surface area contributed by atoms with Gasteiger partial charge in [-0.15, -0.1) is 11.8 Å². The van der Waals surface area contributed by atoms with Crippen LogP contribution in [0.2, 0.25) is 0 Å². The third-order valence-corrected chi connectivity index (χ3v) is 4.46. The van der Waals surface area contributed by atoms with E-state index in [0.29, 0.717) is 17.7 Å². The lowest BCUT2D eigenvalue weighted by molar-refractivity contribution is -0.122. The van der Waals surface area contributed by atoms with Crippen LogP contribution < -0.4 is 10.6 Å². The summed E-state index contributed by atoms with van der Waals surface area (Å²) in [5.41, 5.74) is 0.497. The molecule has 0 aromatic heterocycles. The molecule has 0 saturated heterocycles. The fourth-order valence-corrected chi connectivity index (χ4v) is 3.10. The molecule has 0 aliphatic carbocycles. The van der Waals surface area contributed by atoms with E-state index in [1.54, 1.807) is 36.0 Å². The van der Waals surface area contributed by atoms with Crippen molar-refractivity contribution in [2.45, 2.75) is 17.4 Å². The molecule has 0 aliphatic heterocycles. The lowest BCUT2D eigenvalue weighted by Crippen LogP contribution is -2.47. The first kappa shape index (κ1) is 18.6. The molecule has 0 saturated carbocycles. The summed E-state index contributed by atoms with van der Waals surface area (Å²) >= 11 is 1.62. The van der Waals surface area contributed by atoms with Crippen molar-refractivity contribution in [2.24, 2.45) is 0 Å². The monoisotopic (exact) mass is 353 g/mol. The van der Waals surface area contributed by atoms with Gasteiger partial charge in [-0.1, -0.05) is 36.4 Å². The van der Waals surface area contributed by atoms with Crippen LogP contribution in [0.5, 0.6) is 0 Å². The number of hydrogen-bond donors (Lipinski definition) is 2. The molecular formula is C19H19N3O2S. The van der Waals surface area contributed by atoms with Crippen molar-refractivity contribution in [3.63, 3.8) is 0 Å². The topological polar surface area (TPSA) is 82.0 Å². The number of nitriles is 1. The Hall–Kier alpha value is -2.78. The zero-order valence-electron chi connectivity index (χ0n) is 13.6. The van der Waals surface area contributed by atoms with Crippen LogP contribution in [0.4, 0.5) is 0 Å². The summed E-state index contributed by atoms with van der Waals surface area (Å²) in [6.45, 7) is -0.0810. The van der Waals surface area contributed by atoms with Gasteiger partial charge in [0.05, 0.1) is 6.07 Å². The first-order valence-electron chi connectivity index (χ1n) is 7.89. The highest BCUT2D eigenvalue weighted by Gasteiger charge is 2.21. The van der Waals surface area contributed by atoms with Gasteiger partial charge < -0.3 is 10.6 Å². The summed E-state index contributed by atoms with van der Waals surface area (Å²) in [6, 6.07) is 19.8. The number of carbonyl (C=O) groups excluding carboxylic acids is 2. The zero-order chi connectivity index (χ0) is 17.9. The van der Waals surface area contributed by atoms with E-state index in [0.717, 1.165) is 4.90 Å². The number of hydrogen-bond acceptors (Lipinski definition) is 4. The molecule has 128 valence electrons. The summed E-state index contributed by atoms with van der Waals surface area (Å²) in [6.07, 6.45) is 0.468. The van der Waals surface area contributed by atoms with E-state index >= 15 is 0 Å². The molecule has 25 heavy (non-hydrogen) atoms. The van der Waals surface area contributed by atoms with Crippen LogP contribution in [0.1, 0.15) is 16.8 Å². The highest BCUT2D eigenvalue weighted by Crippen LogP contribution is 2.18. The molecule has 2 N–H and O–H groups in total. The molecule has 2 rings (SSSR count). The third-order valence-electron chi connectivity index (χ3n) is 3.42. The SMILES string of the molecule is N#CCNC(=O)C(CCSc1ccccc1)NC(=O)c1ccccc1. The molecule has 2 aromatic rings. The largest absolute Gasteiger partial charge is 0.341 e. The zero-order valence-corrected chi connectivity index (χ0v) is 14.5. The Bertz CT molecular complexity index is 729. The lowest BCUT2D eigenvalue weighted by Gasteiger charge is -2.17. The van der Waals surface area contributed by atoms with Crippen LogP contribution in [0.25, 0.3) is 0 Å². The fourth-order valence-electron chi connectivity index (χ4n) is 2.16. The molecule has 2 aromatic carbocycles. The van der Waals surface area contributed by atoms with Crippen molar-refractivity contribution in [2.75, 3.05) is 12.3 Å². The molecule has 0 bridgehead atoms. The van der Waals surface area contributed by atoms with Crippen molar-refractivity contribution in [1.29, 1.82) is 5.26 Å². The standard InChI is InChI=1S/C19H19N3O2S/c20-12-13-21-19(24)17(11-14-25-16-9-5-2-6-10-16)22-18(23)15-7-3-1-4-8-15/h1-10,17H,11,13-14H2,(H,21,24)(H,22,23). The minimum Gasteiger partial charge on any atom is -0.341 e. The van der Waals surface area contributed by atoms with Crippen molar-refractivity contribution in [1.82, 2.24) is 10.6 Å². The second-order valence-electron chi connectivity index (χ2n) is 5.22. The second-order valence-corrected chi connectivity index (χ2v) is 6.39. The van der Waals surface area contributed by atoms with Crippen molar-refractivity contribution in [3.05, 3.63) is 66.2 Å². The summed E-state index contributed by atoms with van der Waals surface area (Å²) in [5.74, 6) is 0.0194. The smallest absolute Gasteiger partial charge is 0.251 e. The van der Waals surface area contributed by atoms with E-state index in [1.807, 2.05) is 42.5 Å². The Morgan fingerprint density at radius 1 is 1.04 bits per heavy atom. The molecule has 6 heteroatoms. The van der Waals surface area contributed by atoms with Crippen LogP contribution in [0.15, 0.2) is 65.6 Å². The number of rotatable bonds is 8. The van der Waals surface area contributed by atoms with E-state index in [9.17, 15) is 9.59 Å². The number of nitrogens with one attached hydrogen (secondary N) is 2. The lowest BCUT2D eigenvalue weighted by atomic mass is 10.1. The minimum atomic E-state index is -0.683. The normalized spacial score (nSPS) is 11.2. The molecule has 0 heterocycles. The van der Waals surface area contributed by atoms with E-state index in [2.05, 4.69) is 10.6 Å². The van der Waals surface area contributed by atoms with Crippen LogP contribution in [0.3, 0.4) is 0 Å². The van der Waals surface area contributed by atoms with Crippen molar-refractivity contribution < 1.29 is 9.59 Å². The Morgan fingerprint density at radius 2 is 1.68 bits per heavy atom. The number of nitrogens with zero attached hydrogens (tertiary/aromatic N) is 1. The van der Waals surface area contributed by atoms with Gasteiger partial charge in [-0.05, 0) is 30.7 Å². The first-order valence-corrected chi connectivity index (χ1v) is 8.87. The molecule has 0 aliphatic rings. The molecule has 0 fully saturated rings. The molecule has 0 radical (unpaired) electrons. The van der Waals surface area contributed by atoms with E-state index in [1.165, 1.54) is 0 Å².